The van der Waals surface area contributed by atoms with E-state index in [0.29, 0.717) is 11.3 Å². The Kier molecular flexibility index (Phi) is 2.74. The molecule has 1 aliphatic heterocycles. The molecule has 1 N–H and O–H groups in total. The van der Waals surface area contributed by atoms with E-state index >= 15 is 0 Å². The van der Waals surface area contributed by atoms with Crippen LogP contribution in [0.15, 0.2) is 40.8 Å². The normalized spacial score (nSPS) is 21.6. The lowest BCUT2D eigenvalue weighted by Crippen LogP contribution is -2.20. The van der Waals surface area contributed by atoms with Crippen LogP contribution in [0, 0.1) is 12.7 Å². The van der Waals surface area contributed by atoms with Crippen molar-refractivity contribution in [3.05, 3.63) is 47.3 Å². The molecule has 3 rings (SSSR count). The maximum atomic E-state index is 13.6. The van der Waals surface area contributed by atoms with Crippen molar-refractivity contribution in [2.45, 2.75) is 23.5 Å². The van der Waals surface area contributed by atoms with Crippen molar-refractivity contribution in [2.75, 3.05) is 5.32 Å². The number of anilines is 1. The first-order valence-electron chi connectivity index (χ1n) is 5.80. The van der Waals surface area contributed by atoms with Gasteiger partial charge in [0.1, 0.15) is 5.82 Å². The Morgan fingerprint density at radius 2 is 2.28 bits per heavy atom. The SMILES string of the molecule is Cc1cc2c(cc1F)SC1CC=CC=C1C(=O)N2. The molecule has 0 bridgehead atoms. The van der Waals surface area contributed by atoms with Gasteiger partial charge in [0.15, 0.2) is 0 Å². The highest BCUT2D eigenvalue weighted by Gasteiger charge is 2.28. The quantitative estimate of drug-likeness (QED) is 0.775. The zero-order chi connectivity index (χ0) is 12.7. The lowest BCUT2D eigenvalue weighted by Gasteiger charge is -2.16. The molecule has 2 nitrogen and oxygen atoms in total. The van der Waals surface area contributed by atoms with Crippen molar-refractivity contribution in [3.8, 4) is 0 Å². The van der Waals surface area contributed by atoms with E-state index < -0.39 is 0 Å². The highest BCUT2D eigenvalue weighted by atomic mass is 32.2. The van der Waals surface area contributed by atoms with Gasteiger partial charge in [0.05, 0.1) is 5.69 Å². The van der Waals surface area contributed by atoms with Crippen LogP contribution in [-0.4, -0.2) is 11.2 Å². The van der Waals surface area contributed by atoms with Crippen molar-refractivity contribution in [1.82, 2.24) is 0 Å². The Hall–Kier alpha value is -1.55. The fourth-order valence-corrected chi connectivity index (χ4v) is 3.38. The van der Waals surface area contributed by atoms with Crippen molar-refractivity contribution < 1.29 is 9.18 Å². The second kappa shape index (κ2) is 4.28. The fourth-order valence-electron chi connectivity index (χ4n) is 2.15. The van der Waals surface area contributed by atoms with Gasteiger partial charge in [0.2, 0.25) is 0 Å². The van der Waals surface area contributed by atoms with E-state index in [9.17, 15) is 9.18 Å². The number of hydrogen-bond donors (Lipinski definition) is 1. The van der Waals surface area contributed by atoms with Gasteiger partial charge in [-0.3, -0.25) is 4.79 Å². The summed E-state index contributed by atoms with van der Waals surface area (Å²) in [4.78, 5) is 12.9. The number of halogens is 1. The maximum absolute atomic E-state index is 13.6. The van der Waals surface area contributed by atoms with Crippen molar-refractivity contribution in [3.63, 3.8) is 0 Å². The van der Waals surface area contributed by atoms with E-state index in [1.165, 1.54) is 6.07 Å². The van der Waals surface area contributed by atoms with Crippen LogP contribution >= 0.6 is 11.8 Å². The standard InChI is InChI=1S/C14H12FNOS/c1-8-6-11-13(7-10(8)15)18-12-5-3-2-4-9(12)14(17)16-11/h2-4,6-7,12H,5H2,1H3,(H,16,17). The molecule has 0 saturated heterocycles. The average Bonchev–Trinajstić information content (AvgIpc) is 2.48. The lowest BCUT2D eigenvalue weighted by molar-refractivity contribution is -0.112. The summed E-state index contributed by atoms with van der Waals surface area (Å²) in [5.74, 6) is -0.309. The molecule has 1 atom stereocenters. The number of rotatable bonds is 0. The number of fused-ring (bicyclic) bond motifs is 2. The summed E-state index contributed by atoms with van der Waals surface area (Å²) in [6.45, 7) is 1.70. The molecule has 1 aliphatic carbocycles. The number of carbonyl (C=O) groups excluding carboxylic acids is 1. The van der Waals surface area contributed by atoms with Gasteiger partial charge < -0.3 is 5.32 Å². The minimum Gasteiger partial charge on any atom is -0.321 e. The highest BCUT2D eigenvalue weighted by Crippen LogP contribution is 2.40. The fraction of sp³-hybridized carbons (Fsp3) is 0.214. The van der Waals surface area contributed by atoms with Gasteiger partial charge in [-0.2, -0.15) is 0 Å². The van der Waals surface area contributed by atoms with Gasteiger partial charge in [0.25, 0.3) is 5.91 Å². The first kappa shape index (κ1) is 11.5. The third-order valence-corrected chi connectivity index (χ3v) is 4.47. The molecule has 1 amide bonds. The molecular weight excluding hydrogens is 249 g/mol. The lowest BCUT2D eigenvalue weighted by atomic mass is 10.0. The number of hydrogen-bond acceptors (Lipinski definition) is 2. The summed E-state index contributed by atoms with van der Waals surface area (Å²) in [5, 5.41) is 2.94. The third kappa shape index (κ3) is 1.86. The maximum Gasteiger partial charge on any atom is 0.252 e. The summed E-state index contributed by atoms with van der Waals surface area (Å²) in [6, 6.07) is 3.21. The smallest absolute Gasteiger partial charge is 0.252 e. The van der Waals surface area contributed by atoms with Gasteiger partial charge in [-0.25, -0.2) is 4.39 Å². The number of aryl methyl sites for hydroxylation is 1. The molecule has 0 radical (unpaired) electrons. The van der Waals surface area contributed by atoms with Crippen molar-refractivity contribution in [2.24, 2.45) is 0 Å². The summed E-state index contributed by atoms with van der Waals surface area (Å²) in [7, 11) is 0. The number of benzene rings is 1. The van der Waals surface area contributed by atoms with E-state index in [1.54, 1.807) is 24.8 Å². The second-order valence-corrected chi connectivity index (χ2v) is 5.69. The molecule has 18 heavy (non-hydrogen) atoms. The molecule has 0 saturated carbocycles. The minimum absolute atomic E-state index is 0.0818. The molecular formula is C14H12FNOS. The minimum atomic E-state index is -0.228. The van der Waals surface area contributed by atoms with E-state index in [0.717, 1.165) is 16.9 Å². The van der Waals surface area contributed by atoms with Crippen molar-refractivity contribution in [1.29, 1.82) is 0 Å². The number of thioether (sulfide) groups is 1. The molecule has 1 unspecified atom stereocenters. The van der Waals surface area contributed by atoms with Gasteiger partial charge in [-0.1, -0.05) is 18.2 Å². The zero-order valence-corrected chi connectivity index (χ0v) is 10.7. The van der Waals surface area contributed by atoms with E-state index in [1.807, 2.05) is 18.2 Å². The van der Waals surface area contributed by atoms with E-state index in [2.05, 4.69) is 5.32 Å². The van der Waals surface area contributed by atoms with Crippen LogP contribution < -0.4 is 5.32 Å². The Bertz CT molecular complexity index is 592. The number of amides is 1. The predicted octanol–water partition coefficient (Wildman–Crippen LogP) is 3.43. The molecule has 1 aromatic rings. The molecule has 0 spiro atoms. The van der Waals surface area contributed by atoms with Gasteiger partial charge >= 0.3 is 0 Å². The van der Waals surface area contributed by atoms with E-state index in [4.69, 9.17) is 0 Å². The molecule has 1 heterocycles. The van der Waals surface area contributed by atoms with Crippen LogP contribution in [0.2, 0.25) is 0 Å². The van der Waals surface area contributed by atoms with Gasteiger partial charge in [-0.05, 0) is 31.0 Å². The molecule has 92 valence electrons. The van der Waals surface area contributed by atoms with Crippen LogP contribution in [0.25, 0.3) is 0 Å². The van der Waals surface area contributed by atoms with Crippen LogP contribution in [0.3, 0.4) is 0 Å². The molecule has 0 fully saturated rings. The number of allylic oxidation sites excluding steroid dienone is 3. The molecule has 1 aromatic carbocycles. The molecule has 2 aliphatic rings. The summed E-state index contributed by atoms with van der Waals surface area (Å²) in [5.41, 5.74) is 2.02. The molecule has 0 aromatic heterocycles. The van der Waals surface area contributed by atoms with Crippen LogP contribution in [0.5, 0.6) is 0 Å². The Labute approximate surface area is 109 Å². The zero-order valence-electron chi connectivity index (χ0n) is 9.87. The topological polar surface area (TPSA) is 29.1 Å². The summed E-state index contributed by atoms with van der Waals surface area (Å²) >= 11 is 1.55. The Morgan fingerprint density at radius 3 is 3.11 bits per heavy atom. The molecule has 4 heteroatoms. The van der Waals surface area contributed by atoms with Gasteiger partial charge in [-0.15, -0.1) is 11.8 Å². The number of nitrogens with one attached hydrogen (secondary N) is 1. The third-order valence-electron chi connectivity index (χ3n) is 3.15. The second-order valence-electron chi connectivity index (χ2n) is 4.44. The van der Waals surface area contributed by atoms with Gasteiger partial charge in [0, 0.05) is 15.7 Å². The monoisotopic (exact) mass is 261 g/mol. The Morgan fingerprint density at radius 1 is 1.44 bits per heavy atom. The van der Waals surface area contributed by atoms with Crippen LogP contribution in [-0.2, 0) is 4.79 Å². The number of carbonyl (C=O) groups is 1. The highest BCUT2D eigenvalue weighted by molar-refractivity contribution is 8.00. The van der Waals surface area contributed by atoms with Crippen LogP contribution in [0.1, 0.15) is 12.0 Å². The summed E-state index contributed by atoms with van der Waals surface area (Å²) < 4.78 is 13.6. The first-order valence-corrected chi connectivity index (χ1v) is 6.68. The predicted molar refractivity (Wildman–Crippen MR) is 71.3 cm³/mol. The Balaban J connectivity index is 2.08. The largest absolute Gasteiger partial charge is 0.321 e. The average molecular weight is 261 g/mol. The summed E-state index contributed by atoms with van der Waals surface area (Å²) in [6.07, 6.45) is 6.57. The van der Waals surface area contributed by atoms with Crippen molar-refractivity contribution >= 4 is 23.4 Å². The van der Waals surface area contributed by atoms with Crippen LogP contribution in [0.4, 0.5) is 10.1 Å². The first-order chi connectivity index (χ1) is 8.65. The van der Waals surface area contributed by atoms with E-state index in [-0.39, 0.29) is 17.0 Å².